The van der Waals surface area contributed by atoms with Crippen LogP contribution in [0.4, 0.5) is 0 Å². The molecule has 0 spiro atoms. The molecule has 0 unspecified atom stereocenters. The van der Waals surface area contributed by atoms with Crippen molar-refractivity contribution in [1.29, 1.82) is 0 Å². The standard InChI is InChI=1S/C14H9Cl2N3O3S/c1-23(21,22)19-14(20)8-5-7(15)6-11-12(8)17-10-4-2-3-9(16)13(10)18-11/h2-6H,1H3,(H,19,20). The fourth-order valence-corrected chi connectivity index (χ4v) is 3.00. The molecule has 1 heterocycles. The number of hydrogen-bond donors (Lipinski definition) is 1. The van der Waals surface area contributed by atoms with E-state index >= 15 is 0 Å². The number of fused-ring (bicyclic) bond motifs is 2. The first-order valence-electron chi connectivity index (χ1n) is 6.32. The molecule has 2 aromatic carbocycles. The van der Waals surface area contributed by atoms with Crippen LogP contribution >= 0.6 is 23.2 Å². The topological polar surface area (TPSA) is 89.0 Å². The molecule has 0 atom stereocenters. The highest BCUT2D eigenvalue weighted by molar-refractivity contribution is 7.89. The van der Waals surface area contributed by atoms with Crippen molar-refractivity contribution in [2.45, 2.75) is 0 Å². The van der Waals surface area contributed by atoms with Crippen LogP contribution < -0.4 is 4.72 Å². The number of aromatic nitrogens is 2. The van der Waals surface area contributed by atoms with Crippen LogP contribution in [0, 0.1) is 0 Å². The van der Waals surface area contributed by atoms with E-state index in [0.29, 0.717) is 21.6 Å². The molecular weight excluding hydrogens is 361 g/mol. The largest absolute Gasteiger partial charge is 0.268 e. The molecule has 0 saturated carbocycles. The lowest BCUT2D eigenvalue weighted by atomic mass is 10.1. The molecule has 23 heavy (non-hydrogen) atoms. The van der Waals surface area contributed by atoms with Crippen LogP contribution in [-0.2, 0) is 10.0 Å². The molecule has 0 radical (unpaired) electrons. The lowest BCUT2D eigenvalue weighted by molar-refractivity contribution is 0.0983. The van der Waals surface area contributed by atoms with Gasteiger partial charge in [-0.3, -0.25) is 4.79 Å². The maximum atomic E-state index is 12.2. The quantitative estimate of drug-likeness (QED) is 0.701. The van der Waals surface area contributed by atoms with E-state index in [1.54, 1.807) is 18.2 Å². The molecule has 0 bridgehead atoms. The van der Waals surface area contributed by atoms with Gasteiger partial charge in [0.25, 0.3) is 5.91 Å². The molecule has 1 N–H and O–H groups in total. The summed E-state index contributed by atoms with van der Waals surface area (Å²) in [5, 5.41) is 0.649. The minimum Gasteiger partial charge on any atom is -0.268 e. The van der Waals surface area contributed by atoms with Gasteiger partial charge in [-0.1, -0.05) is 29.3 Å². The maximum absolute atomic E-state index is 12.2. The van der Waals surface area contributed by atoms with Crippen molar-refractivity contribution in [2.24, 2.45) is 0 Å². The molecule has 1 aromatic heterocycles. The molecule has 3 rings (SSSR count). The zero-order valence-corrected chi connectivity index (χ0v) is 14.0. The van der Waals surface area contributed by atoms with E-state index in [9.17, 15) is 13.2 Å². The molecule has 3 aromatic rings. The van der Waals surface area contributed by atoms with Gasteiger partial charge in [0, 0.05) is 5.02 Å². The summed E-state index contributed by atoms with van der Waals surface area (Å²) < 4.78 is 24.4. The molecule has 0 aliphatic rings. The van der Waals surface area contributed by atoms with Gasteiger partial charge in [-0.15, -0.1) is 0 Å². The van der Waals surface area contributed by atoms with Crippen LogP contribution in [0.2, 0.25) is 10.0 Å². The van der Waals surface area contributed by atoms with Crippen LogP contribution in [0.3, 0.4) is 0 Å². The fraction of sp³-hybridized carbons (Fsp3) is 0.0714. The normalized spacial score (nSPS) is 11.8. The van der Waals surface area contributed by atoms with Gasteiger partial charge in [0.05, 0.1) is 27.9 Å². The maximum Gasteiger partial charge on any atom is 0.267 e. The van der Waals surface area contributed by atoms with Crippen LogP contribution in [0.25, 0.3) is 22.1 Å². The van der Waals surface area contributed by atoms with E-state index in [0.717, 1.165) is 6.26 Å². The van der Waals surface area contributed by atoms with Crippen LogP contribution in [-0.4, -0.2) is 30.5 Å². The smallest absolute Gasteiger partial charge is 0.267 e. The first kappa shape index (κ1) is 15.9. The van der Waals surface area contributed by atoms with Crippen LogP contribution in [0.15, 0.2) is 30.3 Å². The lowest BCUT2D eigenvalue weighted by Crippen LogP contribution is -2.29. The number of nitrogens with one attached hydrogen (secondary N) is 1. The van der Waals surface area contributed by atoms with Crippen molar-refractivity contribution in [3.8, 4) is 0 Å². The Labute approximate surface area is 141 Å². The number of carbonyl (C=O) groups is 1. The first-order valence-corrected chi connectivity index (χ1v) is 8.97. The number of sulfonamides is 1. The average Bonchev–Trinajstić information content (AvgIpc) is 2.43. The molecular formula is C14H9Cl2N3O3S. The van der Waals surface area contributed by atoms with Gasteiger partial charge in [0.1, 0.15) is 11.0 Å². The third kappa shape index (κ3) is 3.21. The second kappa shape index (κ2) is 5.59. The molecule has 6 nitrogen and oxygen atoms in total. The highest BCUT2D eigenvalue weighted by Crippen LogP contribution is 2.27. The molecule has 0 aliphatic carbocycles. The number of carbonyl (C=O) groups excluding carboxylic acids is 1. The fourth-order valence-electron chi connectivity index (χ4n) is 2.13. The third-order valence-corrected chi connectivity index (χ3v) is 4.09. The Bertz CT molecular complexity index is 1070. The minimum absolute atomic E-state index is 0.0206. The van der Waals surface area contributed by atoms with E-state index in [1.165, 1.54) is 12.1 Å². The highest BCUT2D eigenvalue weighted by Gasteiger charge is 2.18. The minimum atomic E-state index is -3.71. The van der Waals surface area contributed by atoms with Gasteiger partial charge in [-0.2, -0.15) is 0 Å². The summed E-state index contributed by atoms with van der Waals surface area (Å²) in [7, 11) is -3.71. The van der Waals surface area contributed by atoms with E-state index in [-0.39, 0.29) is 16.1 Å². The lowest BCUT2D eigenvalue weighted by Gasteiger charge is -2.08. The zero-order chi connectivity index (χ0) is 16.8. The molecule has 9 heteroatoms. The summed E-state index contributed by atoms with van der Waals surface area (Å²) in [5.74, 6) is -0.823. The van der Waals surface area contributed by atoms with Crippen LogP contribution in [0.1, 0.15) is 10.4 Å². The Hall–Kier alpha value is -1.96. The average molecular weight is 370 g/mol. The van der Waals surface area contributed by atoms with Gasteiger partial charge < -0.3 is 0 Å². The van der Waals surface area contributed by atoms with Crippen molar-refractivity contribution in [3.63, 3.8) is 0 Å². The number of para-hydroxylation sites is 1. The van der Waals surface area contributed by atoms with Gasteiger partial charge >= 0.3 is 0 Å². The summed E-state index contributed by atoms with van der Waals surface area (Å²) >= 11 is 12.1. The van der Waals surface area contributed by atoms with E-state index in [1.807, 2.05) is 4.72 Å². The molecule has 1 amide bonds. The highest BCUT2D eigenvalue weighted by atomic mass is 35.5. The molecule has 0 fully saturated rings. The Morgan fingerprint density at radius 2 is 1.78 bits per heavy atom. The Kier molecular flexibility index (Phi) is 3.87. The van der Waals surface area contributed by atoms with Crippen molar-refractivity contribution in [2.75, 3.05) is 6.26 Å². The SMILES string of the molecule is CS(=O)(=O)NC(=O)c1cc(Cl)cc2nc3c(Cl)cccc3nc12. The number of benzene rings is 2. The van der Waals surface area contributed by atoms with Crippen molar-refractivity contribution in [3.05, 3.63) is 45.9 Å². The van der Waals surface area contributed by atoms with Crippen molar-refractivity contribution >= 4 is 61.2 Å². The van der Waals surface area contributed by atoms with Crippen molar-refractivity contribution < 1.29 is 13.2 Å². The molecule has 0 aliphatic heterocycles. The monoisotopic (exact) mass is 369 g/mol. The second-order valence-corrected chi connectivity index (χ2v) is 7.45. The second-order valence-electron chi connectivity index (χ2n) is 4.86. The number of nitrogens with zero attached hydrogens (tertiary/aromatic N) is 2. The Balaban J connectivity index is 2.32. The first-order chi connectivity index (χ1) is 10.7. The summed E-state index contributed by atoms with van der Waals surface area (Å²) in [5.41, 5.74) is 1.56. The predicted octanol–water partition coefficient (Wildman–Crippen LogP) is 2.78. The number of rotatable bonds is 2. The Morgan fingerprint density at radius 1 is 1.09 bits per heavy atom. The van der Waals surface area contributed by atoms with Gasteiger partial charge in [-0.25, -0.2) is 23.1 Å². The summed E-state index contributed by atoms with van der Waals surface area (Å²) in [6, 6.07) is 7.95. The third-order valence-electron chi connectivity index (χ3n) is 3.01. The summed E-state index contributed by atoms with van der Waals surface area (Å²) in [4.78, 5) is 20.9. The van der Waals surface area contributed by atoms with Gasteiger partial charge in [0.2, 0.25) is 10.0 Å². The van der Waals surface area contributed by atoms with E-state index in [2.05, 4.69) is 9.97 Å². The zero-order valence-electron chi connectivity index (χ0n) is 11.7. The van der Waals surface area contributed by atoms with Gasteiger partial charge in [0.15, 0.2) is 0 Å². The van der Waals surface area contributed by atoms with Crippen LogP contribution in [0.5, 0.6) is 0 Å². The van der Waals surface area contributed by atoms with E-state index in [4.69, 9.17) is 23.2 Å². The summed E-state index contributed by atoms with van der Waals surface area (Å²) in [6.45, 7) is 0. The molecule has 0 saturated heterocycles. The summed E-state index contributed by atoms with van der Waals surface area (Å²) in [6.07, 6.45) is 0.887. The number of hydrogen-bond acceptors (Lipinski definition) is 5. The van der Waals surface area contributed by atoms with E-state index < -0.39 is 15.9 Å². The van der Waals surface area contributed by atoms with Crippen molar-refractivity contribution in [1.82, 2.24) is 14.7 Å². The number of amides is 1. The van der Waals surface area contributed by atoms with Gasteiger partial charge in [-0.05, 0) is 24.3 Å². The number of halogens is 2. The Morgan fingerprint density at radius 3 is 2.48 bits per heavy atom. The molecule has 118 valence electrons. The predicted molar refractivity (Wildman–Crippen MR) is 89.4 cm³/mol.